The van der Waals surface area contributed by atoms with Gasteiger partial charge in [0.2, 0.25) is 0 Å². The van der Waals surface area contributed by atoms with Gasteiger partial charge in [-0.05, 0) is 38.8 Å². The van der Waals surface area contributed by atoms with Crippen LogP contribution >= 0.6 is 0 Å². The van der Waals surface area contributed by atoms with Gasteiger partial charge < -0.3 is 19.3 Å². The van der Waals surface area contributed by atoms with Gasteiger partial charge in [-0.15, -0.1) is 0 Å². The summed E-state index contributed by atoms with van der Waals surface area (Å²) < 4.78 is 12.2. The lowest BCUT2D eigenvalue weighted by atomic mass is 9.84. The Morgan fingerprint density at radius 2 is 1.78 bits per heavy atom. The van der Waals surface area contributed by atoms with Crippen molar-refractivity contribution in [2.75, 3.05) is 43.6 Å². The third-order valence-electron chi connectivity index (χ3n) is 6.11. The fourth-order valence-corrected chi connectivity index (χ4v) is 4.26. The van der Waals surface area contributed by atoms with Gasteiger partial charge in [-0.3, -0.25) is 0 Å². The molecule has 0 N–H and O–H groups in total. The summed E-state index contributed by atoms with van der Waals surface area (Å²) in [5, 5.41) is 0. The van der Waals surface area contributed by atoms with E-state index in [4.69, 9.17) is 9.47 Å². The number of benzene rings is 2. The van der Waals surface area contributed by atoms with E-state index in [9.17, 15) is 0 Å². The molecule has 1 saturated heterocycles. The Morgan fingerprint density at radius 1 is 1.11 bits per heavy atom. The predicted octanol–water partition coefficient (Wildman–Crippen LogP) is 5.02. The van der Waals surface area contributed by atoms with Crippen LogP contribution in [-0.4, -0.2) is 39.9 Å². The van der Waals surface area contributed by atoms with Crippen molar-refractivity contribution >= 4 is 11.4 Å². The van der Waals surface area contributed by atoms with Gasteiger partial charge in [-0.1, -0.05) is 12.1 Å². The van der Waals surface area contributed by atoms with Crippen molar-refractivity contribution in [3.05, 3.63) is 47.5 Å². The van der Waals surface area contributed by atoms with Crippen LogP contribution in [0.2, 0.25) is 0 Å². The first-order valence-electron chi connectivity index (χ1n) is 10.1. The SMILES string of the molecule is CCN(C)c1ccc2c(c1)Oc1cc(N3CCCC3)ccc1C2C(C)OC. The number of hydrogen-bond acceptors (Lipinski definition) is 4. The Hall–Kier alpha value is -2.20. The van der Waals surface area contributed by atoms with Crippen molar-refractivity contribution in [2.45, 2.75) is 38.7 Å². The lowest BCUT2D eigenvalue weighted by Crippen LogP contribution is -2.24. The minimum Gasteiger partial charge on any atom is -0.457 e. The van der Waals surface area contributed by atoms with Crippen LogP contribution in [0.5, 0.6) is 11.5 Å². The first-order valence-corrected chi connectivity index (χ1v) is 10.1. The molecule has 0 spiro atoms. The summed E-state index contributed by atoms with van der Waals surface area (Å²) >= 11 is 0. The molecule has 27 heavy (non-hydrogen) atoms. The fraction of sp³-hybridized carbons (Fsp3) is 0.478. The van der Waals surface area contributed by atoms with E-state index in [1.807, 2.05) is 0 Å². The van der Waals surface area contributed by atoms with Gasteiger partial charge in [0.1, 0.15) is 11.5 Å². The average molecular weight is 367 g/mol. The van der Waals surface area contributed by atoms with Gasteiger partial charge in [-0.2, -0.15) is 0 Å². The third-order valence-corrected chi connectivity index (χ3v) is 6.11. The van der Waals surface area contributed by atoms with Crippen molar-refractivity contribution in [3.63, 3.8) is 0 Å². The number of anilines is 2. The van der Waals surface area contributed by atoms with Gasteiger partial charge in [0.05, 0.1) is 6.10 Å². The van der Waals surface area contributed by atoms with Crippen LogP contribution in [0.15, 0.2) is 36.4 Å². The standard InChI is InChI=1S/C23H30N2O2/c1-5-24(3)17-8-10-19-21(14-17)27-22-15-18(25-12-6-7-13-25)9-11-20(22)23(19)16(2)26-4/h8-11,14-16,23H,5-7,12-13H2,1-4H3. The zero-order valence-corrected chi connectivity index (χ0v) is 16.9. The molecular weight excluding hydrogens is 336 g/mol. The molecule has 2 aromatic rings. The molecule has 1 fully saturated rings. The van der Waals surface area contributed by atoms with E-state index in [0.29, 0.717) is 0 Å². The van der Waals surface area contributed by atoms with Crippen LogP contribution in [0.4, 0.5) is 11.4 Å². The molecule has 4 rings (SSSR count). The van der Waals surface area contributed by atoms with E-state index in [-0.39, 0.29) is 12.0 Å². The van der Waals surface area contributed by atoms with E-state index in [0.717, 1.165) is 31.1 Å². The summed E-state index contributed by atoms with van der Waals surface area (Å²) in [6, 6.07) is 13.2. The number of hydrogen-bond donors (Lipinski definition) is 0. The van der Waals surface area contributed by atoms with Crippen LogP contribution < -0.4 is 14.5 Å². The maximum atomic E-state index is 6.43. The second-order valence-electron chi connectivity index (χ2n) is 7.67. The number of ether oxygens (including phenoxy) is 2. The van der Waals surface area contributed by atoms with Crippen LogP contribution in [0.3, 0.4) is 0 Å². The zero-order valence-electron chi connectivity index (χ0n) is 16.9. The molecule has 2 atom stereocenters. The topological polar surface area (TPSA) is 24.9 Å². The second-order valence-corrected chi connectivity index (χ2v) is 7.67. The van der Waals surface area contributed by atoms with Gasteiger partial charge in [0, 0.05) is 74.3 Å². The number of nitrogens with zero attached hydrogens (tertiary/aromatic N) is 2. The molecule has 0 radical (unpaired) electrons. The van der Waals surface area contributed by atoms with Gasteiger partial charge in [-0.25, -0.2) is 0 Å². The molecule has 2 heterocycles. The summed E-state index contributed by atoms with van der Waals surface area (Å²) in [5.74, 6) is 2.10. The molecule has 0 bridgehead atoms. The fourth-order valence-electron chi connectivity index (χ4n) is 4.26. The highest BCUT2D eigenvalue weighted by Crippen LogP contribution is 2.48. The summed E-state index contributed by atoms with van der Waals surface area (Å²) in [5.41, 5.74) is 4.87. The molecule has 2 aromatic carbocycles. The highest BCUT2D eigenvalue weighted by Gasteiger charge is 2.32. The molecular formula is C23H30N2O2. The maximum Gasteiger partial charge on any atom is 0.133 e. The predicted molar refractivity (Wildman–Crippen MR) is 112 cm³/mol. The molecule has 2 aliphatic rings. The lowest BCUT2D eigenvalue weighted by molar-refractivity contribution is 0.102. The summed E-state index contributed by atoms with van der Waals surface area (Å²) in [6.45, 7) is 7.54. The smallest absolute Gasteiger partial charge is 0.133 e. The van der Waals surface area contributed by atoms with Gasteiger partial charge >= 0.3 is 0 Å². The highest BCUT2D eigenvalue weighted by atomic mass is 16.5. The molecule has 4 nitrogen and oxygen atoms in total. The first kappa shape index (κ1) is 18.2. The van der Waals surface area contributed by atoms with Crippen molar-refractivity contribution in [2.24, 2.45) is 0 Å². The van der Waals surface area contributed by atoms with Crippen molar-refractivity contribution in [3.8, 4) is 11.5 Å². The first-order chi connectivity index (χ1) is 13.1. The molecule has 144 valence electrons. The minimum absolute atomic E-state index is 0.0822. The molecule has 2 aliphatic heterocycles. The maximum absolute atomic E-state index is 6.43. The second kappa shape index (κ2) is 7.43. The van der Waals surface area contributed by atoms with Gasteiger partial charge in [0.15, 0.2) is 0 Å². The van der Waals surface area contributed by atoms with Crippen molar-refractivity contribution in [1.29, 1.82) is 0 Å². The van der Waals surface area contributed by atoms with E-state index < -0.39 is 0 Å². The minimum atomic E-state index is 0.0822. The van der Waals surface area contributed by atoms with Crippen LogP contribution in [0.25, 0.3) is 0 Å². The molecule has 0 saturated carbocycles. The van der Waals surface area contributed by atoms with Gasteiger partial charge in [0.25, 0.3) is 0 Å². The largest absolute Gasteiger partial charge is 0.457 e. The van der Waals surface area contributed by atoms with Crippen molar-refractivity contribution in [1.82, 2.24) is 0 Å². The molecule has 0 amide bonds. The van der Waals surface area contributed by atoms with Crippen LogP contribution in [0, 0.1) is 0 Å². The number of fused-ring (bicyclic) bond motifs is 2. The molecule has 2 unspecified atom stereocenters. The molecule has 0 aliphatic carbocycles. The van der Waals surface area contributed by atoms with Crippen LogP contribution in [0.1, 0.15) is 43.7 Å². The zero-order chi connectivity index (χ0) is 19.0. The average Bonchev–Trinajstić information content (AvgIpc) is 3.24. The van der Waals surface area contributed by atoms with E-state index in [1.54, 1.807) is 7.11 Å². The molecule has 4 heteroatoms. The molecule has 0 aromatic heterocycles. The van der Waals surface area contributed by atoms with E-state index in [1.165, 1.54) is 35.3 Å². The monoisotopic (exact) mass is 366 g/mol. The van der Waals surface area contributed by atoms with E-state index >= 15 is 0 Å². The van der Waals surface area contributed by atoms with E-state index in [2.05, 4.69) is 67.1 Å². The van der Waals surface area contributed by atoms with Crippen molar-refractivity contribution < 1.29 is 9.47 Å². The Labute approximate surface area is 162 Å². The Kier molecular flexibility index (Phi) is 5.00. The number of methoxy groups -OCH3 is 1. The van der Waals surface area contributed by atoms with Crippen LogP contribution in [-0.2, 0) is 4.74 Å². The highest BCUT2D eigenvalue weighted by molar-refractivity contribution is 5.64. The summed E-state index contributed by atoms with van der Waals surface area (Å²) in [7, 11) is 3.90. The number of rotatable bonds is 5. The lowest BCUT2D eigenvalue weighted by Gasteiger charge is -2.33. The Bertz CT molecular complexity index is 814. The third kappa shape index (κ3) is 3.27. The summed E-state index contributed by atoms with van der Waals surface area (Å²) in [6.07, 6.45) is 2.63. The Balaban J connectivity index is 1.77. The summed E-state index contributed by atoms with van der Waals surface area (Å²) in [4.78, 5) is 4.68. The Morgan fingerprint density at radius 3 is 2.44 bits per heavy atom. The quantitative estimate of drug-likeness (QED) is 0.742. The normalized spacial score (nSPS) is 19.3.